The molecule has 174 valence electrons. The van der Waals surface area contributed by atoms with E-state index in [2.05, 4.69) is 21.2 Å². The van der Waals surface area contributed by atoms with Gasteiger partial charge in [0.2, 0.25) is 0 Å². The molecule has 0 atom stereocenters. The highest BCUT2D eigenvalue weighted by Crippen LogP contribution is 2.37. The lowest BCUT2D eigenvalue weighted by Crippen LogP contribution is -2.54. The molecule has 0 radical (unpaired) electrons. The fourth-order valence-corrected chi connectivity index (χ4v) is 3.91. The maximum absolute atomic E-state index is 13.4. The molecule has 0 aliphatic carbocycles. The molecule has 0 bridgehead atoms. The van der Waals surface area contributed by atoms with Gasteiger partial charge in [0.05, 0.1) is 33.1 Å². The molecule has 0 spiro atoms. The van der Waals surface area contributed by atoms with E-state index in [1.807, 2.05) is 13.8 Å². The van der Waals surface area contributed by atoms with E-state index in [4.69, 9.17) is 31.2 Å². The van der Waals surface area contributed by atoms with Gasteiger partial charge in [-0.3, -0.25) is 14.9 Å². The third kappa shape index (κ3) is 5.12. The SMILES string of the molecule is CCOc1cc(Br)c(/C=C2\C(=O)NC(=S)N(c3ccc(OC)cc3OC)C2=O)cc1OCC. The van der Waals surface area contributed by atoms with E-state index < -0.39 is 11.8 Å². The van der Waals surface area contributed by atoms with Gasteiger partial charge in [-0.1, -0.05) is 15.9 Å². The number of nitrogens with one attached hydrogen (secondary N) is 1. The van der Waals surface area contributed by atoms with Crippen LogP contribution >= 0.6 is 28.1 Å². The molecule has 2 aromatic carbocycles. The highest BCUT2D eigenvalue weighted by molar-refractivity contribution is 9.10. The number of anilines is 1. The summed E-state index contributed by atoms with van der Waals surface area (Å²) in [6.45, 7) is 4.62. The first-order valence-corrected chi connectivity index (χ1v) is 11.3. The van der Waals surface area contributed by atoms with Gasteiger partial charge < -0.3 is 18.9 Å². The van der Waals surface area contributed by atoms with Crippen LogP contribution in [-0.4, -0.2) is 44.4 Å². The van der Waals surface area contributed by atoms with E-state index in [9.17, 15) is 9.59 Å². The molecule has 1 aliphatic rings. The van der Waals surface area contributed by atoms with Crippen molar-refractivity contribution in [1.82, 2.24) is 5.32 Å². The number of carbonyl (C=O) groups excluding carboxylic acids is 2. The van der Waals surface area contributed by atoms with E-state index in [-0.39, 0.29) is 10.7 Å². The van der Waals surface area contributed by atoms with Crippen LogP contribution in [0, 0.1) is 0 Å². The Morgan fingerprint density at radius 3 is 2.27 bits per heavy atom. The lowest BCUT2D eigenvalue weighted by Gasteiger charge is -2.30. The maximum atomic E-state index is 13.4. The summed E-state index contributed by atoms with van der Waals surface area (Å²) in [4.78, 5) is 27.3. The Kier molecular flexibility index (Phi) is 7.93. The molecule has 0 aromatic heterocycles. The van der Waals surface area contributed by atoms with Crippen molar-refractivity contribution in [2.24, 2.45) is 0 Å². The van der Waals surface area contributed by atoms with Gasteiger partial charge in [-0.2, -0.15) is 0 Å². The summed E-state index contributed by atoms with van der Waals surface area (Å²) >= 11 is 8.77. The van der Waals surface area contributed by atoms with Crippen LogP contribution in [0.4, 0.5) is 5.69 Å². The van der Waals surface area contributed by atoms with Crippen LogP contribution in [-0.2, 0) is 9.59 Å². The predicted octanol–water partition coefficient (Wildman–Crippen LogP) is 4.10. The Morgan fingerprint density at radius 2 is 1.67 bits per heavy atom. The predicted molar refractivity (Wildman–Crippen MR) is 132 cm³/mol. The van der Waals surface area contributed by atoms with Crippen LogP contribution in [0.3, 0.4) is 0 Å². The molecule has 1 heterocycles. The van der Waals surface area contributed by atoms with Gasteiger partial charge in [0.15, 0.2) is 16.6 Å². The van der Waals surface area contributed by atoms with E-state index in [0.29, 0.717) is 51.9 Å². The molecular formula is C23H23BrN2O6S. The van der Waals surface area contributed by atoms with Crippen LogP contribution in [0.2, 0.25) is 0 Å². The zero-order valence-corrected chi connectivity index (χ0v) is 21.0. The van der Waals surface area contributed by atoms with E-state index in [1.165, 1.54) is 25.2 Å². The Morgan fingerprint density at radius 1 is 1.00 bits per heavy atom. The minimum atomic E-state index is -0.604. The van der Waals surface area contributed by atoms with Crippen molar-refractivity contribution >= 4 is 56.8 Å². The first-order valence-electron chi connectivity index (χ1n) is 10.1. The highest BCUT2D eigenvalue weighted by atomic mass is 79.9. The molecule has 0 saturated carbocycles. The largest absolute Gasteiger partial charge is 0.497 e. The second-order valence-corrected chi connectivity index (χ2v) is 7.92. The number of carbonyl (C=O) groups is 2. The Bertz CT molecular complexity index is 1130. The number of methoxy groups -OCH3 is 2. The molecule has 0 unspecified atom stereocenters. The smallest absolute Gasteiger partial charge is 0.270 e. The molecule has 2 aromatic rings. The molecule has 1 N–H and O–H groups in total. The van der Waals surface area contributed by atoms with Gasteiger partial charge in [0, 0.05) is 10.5 Å². The summed E-state index contributed by atoms with van der Waals surface area (Å²) in [6, 6.07) is 8.38. The van der Waals surface area contributed by atoms with Crippen molar-refractivity contribution in [2.75, 3.05) is 32.3 Å². The maximum Gasteiger partial charge on any atom is 0.270 e. The number of hydrogen-bond donors (Lipinski definition) is 1. The fourth-order valence-electron chi connectivity index (χ4n) is 3.20. The summed E-state index contributed by atoms with van der Waals surface area (Å²) in [5.41, 5.74) is 0.837. The minimum absolute atomic E-state index is 0.0496. The van der Waals surface area contributed by atoms with E-state index in [1.54, 1.807) is 30.3 Å². The van der Waals surface area contributed by atoms with Gasteiger partial charge in [-0.05, 0) is 62.0 Å². The van der Waals surface area contributed by atoms with E-state index >= 15 is 0 Å². The monoisotopic (exact) mass is 534 g/mol. The van der Waals surface area contributed by atoms with Crippen molar-refractivity contribution in [3.8, 4) is 23.0 Å². The lowest BCUT2D eigenvalue weighted by molar-refractivity contribution is -0.122. The molecule has 1 fully saturated rings. The molecule has 1 aliphatic heterocycles. The van der Waals surface area contributed by atoms with Crippen molar-refractivity contribution in [2.45, 2.75) is 13.8 Å². The quantitative estimate of drug-likeness (QED) is 0.310. The van der Waals surface area contributed by atoms with Crippen LogP contribution < -0.4 is 29.2 Å². The topological polar surface area (TPSA) is 86.3 Å². The van der Waals surface area contributed by atoms with Crippen LogP contribution in [0.1, 0.15) is 19.4 Å². The van der Waals surface area contributed by atoms with Gasteiger partial charge in [0.25, 0.3) is 11.8 Å². The third-order valence-electron chi connectivity index (χ3n) is 4.69. The second kappa shape index (κ2) is 10.7. The zero-order chi connectivity index (χ0) is 24.1. The van der Waals surface area contributed by atoms with Crippen molar-refractivity contribution in [3.63, 3.8) is 0 Å². The number of halogens is 1. The number of rotatable bonds is 8. The Labute approximate surface area is 205 Å². The highest BCUT2D eigenvalue weighted by Gasteiger charge is 2.36. The average molecular weight is 535 g/mol. The summed E-state index contributed by atoms with van der Waals surface area (Å²) in [5.74, 6) is 0.772. The average Bonchev–Trinajstić information content (AvgIpc) is 2.79. The lowest BCUT2D eigenvalue weighted by atomic mass is 10.1. The van der Waals surface area contributed by atoms with Gasteiger partial charge >= 0.3 is 0 Å². The van der Waals surface area contributed by atoms with Gasteiger partial charge in [-0.15, -0.1) is 0 Å². The molecule has 2 amide bonds. The normalized spacial score (nSPS) is 14.9. The van der Waals surface area contributed by atoms with Crippen molar-refractivity contribution in [1.29, 1.82) is 0 Å². The van der Waals surface area contributed by atoms with Gasteiger partial charge in [0.1, 0.15) is 17.1 Å². The minimum Gasteiger partial charge on any atom is -0.497 e. The molecule has 8 nitrogen and oxygen atoms in total. The van der Waals surface area contributed by atoms with Gasteiger partial charge in [-0.25, -0.2) is 4.90 Å². The fraction of sp³-hybridized carbons (Fsp3) is 0.261. The Balaban J connectivity index is 2.07. The first-order chi connectivity index (χ1) is 15.8. The number of benzene rings is 2. The van der Waals surface area contributed by atoms with Crippen molar-refractivity contribution < 1.29 is 28.5 Å². The van der Waals surface area contributed by atoms with E-state index in [0.717, 1.165) is 0 Å². The van der Waals surface area contributed by atoms with Crippen LogP contribution in [0.25, 0.3) is 6.08 Å². The second-order valence-electron chi connectivity index (χ2n) is 6.68. The number of ether oxygens (including phenoxy) is 4. The summed E-state index contributed by atoms with van der Waals surface area (Å²) < 4.78 is 22.5. The van der Waals surface area contributed by atoms with Crippen LogP contribution in [0.5, 0.6) is 23.0 Å². The summed E-state index contributed by atoms with van der Waals surface area (Å²) in [7, 11) is 2.99. The summed E-state index contributed by atoms with van der Waals surface area (Å²) in [6.07, 6.45) is 1.48. The van der Waals surface area contributed by atoms with Crippen molar-refractivity contribution in [3.05, 3.63) is 45.9 Å². The zero-order valence-electron chi connectivity index (χ0n) is 18.6. The number of amides is 2. The van der Waals surface area contributed by atoms with Crippen LogP contribution in [0.15, 0.2) is 40.4 Å². The standard InChI is InChI=1S/C23H23BrN2O6S/c1-5-31-19-10-13(16(24)12-20(19)32-6-2)9-15-21(27)25-23(33)26(22(15)28)17-8-7-14(29-3)11-18(17)30-4/h7-12H,5-6H2,1-4H3,(H,25,27,33)/b15-9+. The molecule has 3 rings (SSSR count). The number of nitrogens with zero attached hydrogens (tertiary/aromatic N) is 1. The Hall–Kier alpha value is -3.11. The first kappa shape index (κ1) is 24.5. The molecule has 1 saturated heterocycles. The molecule has 10 heteroatoms. The number of hydrogen-bond acceptors (Lipinski definition) is 7. The number of thiocarbonyl (C=S) groups is 1. The summed E-state index contributed by atoms with van der Waals surface area (Å²) in [5, 5.41) is 2.52. The molecular weight excluding hydrogens is 512 g/mol. The third-order valence-corrected chi connectivity index (χ3v) is 5.66. The molecule has 33 heavy (non-hydrogen) atoms.